The Morgan fingerprint density at radius 3 is 1.45 bits per heavy atom. The molecule has 0 radical (unpaired) electrons. The van der Waals surface area contributed by atoms with Crippen molar-refractivity contribution in [1.82, 2.24) is 5.32 Å². The van der Waals surface area contributed by atoms with Crippen LogP contribution in [-0.4, -0.2) is 46.9 Å². The number of esters is 1. The molecule has 0 rings (SSSR count). The van der Waals surface area contributed by atoms with Gasteiger partial charge < -0.3 is 20.3 Å². The normalized spacial score (nSPS) is 14.1. The Kier molecular flexibility index (Phi) is 48.7. The molecule has 0 aromatic carbocycles. The number of hydrogen-bond acceptors (Lipinski definition) is 5. The molecular weight excluding hydrogens is 803 g/mol. The maximum absolute atomic E-state index is 13.2. The van der Waals surface area contributed by atoms with Gasteiger partial charge in [-0.3, -0.25) is 9.59 Å². The van der Waals surface area contributed by atoms with Crippen molar-refractivity contribution >= 4 is 11.9 Å². The quantitative estimate of drug-likeness (QED) is 0.0245. The molecule has 0 aromatic rings. The van der Waals surface area contributed by atoms with Crippen LogP contribution < -0.4 is 5.32 Å². The minimum Gasteiger partial charge on any atom is -0.462 e. The molecule has 1 amide bonds. The number of carbonyl (C=O) groups excluding carboxylic acids is 2. The lowest BCUT2D eigenvalue weighted by atomic mass is 10.0. The molecule has 0 heterocycles. The zero-order chi connectivity index (χ0) is 47.4. The van der Waals surface area contributed by atoms with Crippen molar-refractivity contribution in [3.63, 3.8) is 0 Å². The zero-order valence-electron chi connectivity index (χ0n) is 42.1. The van der Waals surface area contributed by atoms with Crippen molar-refractivity contribution < 1.29 is 24.5 Å². The lowest BCUT2D eigenvalue weighted by Gasteiger charge is -2.24. The maximum atomic E-state index is 13.2. The van der Waals surface area contributed by atoms with Gasteiger partial charge in [0.15, 0.2) is 0 Å². The van der Waals surface area contributed by atoms with Gasteiger partial charge in [-0.1, -0.05) is 239 Å². The molecule has 6 heteroatoms. The summed E-state index contributed by atoms with van der Waals surface area (Å²) in [6.07, 6.45) is 70.2. The molecule has 0 spiro atoms. The molecule has 3 unspecified atom stereocenters. The third-order valence-electron chi connectivity index (χ3n) is 11.4. The van der Waals surface area contributed by atoms with E-state index in [2.05, 4.69) is 99.0 Å². The summed E-state index contributed by atoms with van der Waals surface area (Å²) in [5.41, 5.74) is 0. The molecule has 3 N–H and O–H groups in total. The highest BCUT2D eigenvalue weighted by Crippen LogP contribution is 2.17. The standard InChI is InChI=1S/C59H99NO5/c1-4-7-10-13-16-19-22-24-26-28-29-30-32-34-37-40-43-46-49-52-59(64)65-55(50-47-44-41-38-35-21-18-15-12-9-6-3)53-58(63)60-56(54-61)57(62)51-48-45-42-39-36-33-31-27-25-23-20-17-14-11-8-5-2/h7,9-10,12,15-16,18-19,21,24,26,29-30,34-35,37-38,41,55-57,61-62H,4-6,8,11,13-14,17,20,22-23,25,27-28,31-33,36,39-40,42-54H2,1-3H3,(H,60,63)/b10-7-,12-9+,18-15+,19-16-,26-24-,30-29-,35-21-,37-34-,41-38-. The van der Waals surface area contributed by atoms with Crippen molar-refractivity contribution in [2.75, 3.05) is 6.61 Å². The highest BCUT2D eigenvalue weighted by atomic mass is 16.5. The summed E-state index contributed by atoms with van der Waals surface area (Å²) in [5.74, 6) is -0.588. The second kappa shape index (κ2) is 51.5. The Morgan fingerprint density at radius 2 is 0.923 bits per heavy atom. The van der Waals surface area contributed by atoms with E-state index >= 15 is 0 Å². The Bertz CT molecular complexity index is 1330. The van der Waals surface area contributed by atoms with Crippen molar-refractivity contribution in [2.45, 2.75) is 244 Å². The van der Waals surface area contributed by atoms with Crippen LogP contribution in [0.5, 0.6) is 0 Å². The highest BCUT2D eigenvalue weighted by molar-refractivity contribution is 5.77. The van der Waals surface area contributed by atoms with Crippen molar-refractivity contribution in [3.8, 4) is 0 Å². The van der Waals surface area contributed by atoms with E-state index in [9.17, 15) is 19.8 Å². The zero-order valence-corrected chi connectivity index (χ0v) is 42.1. The van der Waals surface area contributed by atoms with Crippen LogP contribution in [0, 0.1) is 0 Å². The number of rotatable bonds is 46. The first-order valence-electron chi connectivity index (χ1n) is 26.7. The molecule has 65 heavy (non-hydrogen) atoms. The van der Waals surface area contributed by atoms with Crippen molar-refractivity contribution in [1.29, 1.82) is 0 Å². The minimum atomic E-state index is -0.818. The van der Waals surface area contributed by atoms with Gasteiger partial charge in [-0.2, -0.15) is 0 Å². The van der Waals surface area contributed by atoms with Gasteiger partial charge in [0.25, 0.3) is 0 Å². The second-order valence-electron chi connectivity index (χ2n) is 17.6. The molecule has 0 fully saturated rings. The van der Waals surface area contributed by atoms with Crippen molar-refractivity contribution in [2.24, 2.45) is 0 Å². The van der Waals surface area contributed by atoms with Crippen LogP contribution in [-0.2, 0) is 14.3 Å². The molecule has 0 bridgehead atoms. The summed E-state index contributed by atoms with van der Waals surface area (Å²) >= 11 is 0. The lowest BCUT2D eigenvalue weighted by Crippen LogP contribution is -2.46. The van der Waals surface area contributed by atoms with Crippen LogP contribution in [0.1, 0.15) is 226 Å². The Morgan fingerprint density at radius 1 is 0.477 bits per heavy atom. The van der Waals surface area contributed by atoms with Crippen LogP contribution in [0.4, 0.5) is 0 Å². The smallest absolute Gasteiger partial charge is 0.306 e. The van der Waals surface area contributed by atoms with Gasteiger partial charge in [-0.05, 0) is 83.5 Å². The molecule has 0 aliphatic rings. The Labute approximate surface area is 400 Å². The highest BCUT2D eigenvalue weighted by Gasteiger charge is 2.24. The largest absolute Gasteiger partial charge is 0.462 e. The van der Waals surface area contributed by atoms with Gasteiger partial charge in [0, 0.05) is 6.42 Å². The van der Waals surface area contributed by atoms with Crippen LogP contribution >= 0.6 is 0 Å². The number of unbranched alkanes of at least 4 members (excludes halogenated alkanes) is 19. The molecule has 6 nitrogen and oxygen atoms in total. The number of aliphatic hydroxyl groups excluding tert-OH is 2. The fourth-order valence-electron chi connectivity index (χ4n) is 7.47. The molecule has 0 saturated carbocycles. The van der Waals surface area contributed by atoms with Gasteiger partial charge in [-0.15, -0.1) is 0 Å². The number of ether oxygens (including phenoxy) is 1. The molecule has 370 valence electrons. The number of carbonyl (C=O) groups is 2. The second-order valence-corrected chi connectivity index (χ2v) is 17.6. The van der Waals surface area contributed by atoms with Crippen LogP contribution in [0.15, 0.2) is 109 Å². The van der Waals surface area contributed by atoms with E-state index in [1.165, 1.54) is 83.5 Å². The lowest BCUT2D eigenvalue weighted by molar-refractivity contribution is -0.151. The molecule has 0 aromatic heterocycles. The first kappa shape index (κ1) is 61.5. The van der Waals surface area contributed by atoms with E-state index in [4.69, 9.17) is 4.74 Å². The summed E-state index contributed by atoms with van der Waals surface area (Å²) in [5, 5.41) is 23.8. The summed E-state index contributed by atoms with van der Waals surface area (Å²) in [6.45, 7) is 6.20. The SMILES string of the molecule is CC/C=C\C/C=C\C/C=C\C/C=C\C/C=C\CCCCCC(=O)OC(CCC\C=C/C=C\C=C\C=C\CC)CC(=O)NC(CO)C(O)CCCCCCCCCCCCCCCCCC. The number of nitrogens with one attached hydrogen (secondary N) is 1. The van der Waals surface area contributed by atoms with E-state index in [0.29, 0.717) is 19.3 Å². The summed E-state index contributed by atoms with van der Waals surface area (Å²) in [4.78, 5) is 26.1. The molecular formula is C59H99NO5. The topological polar surface area (TPSA) is 95.9 Å². The van der Waals surface area contributed by atoms with Crippen LogP contribution in [0.25, 0.3) is 0 Å². The van der Waals surface area contributed by atoms with E-state index in [1.54, 1.807) is 0 Å². The minimum absolute atomic E-state index is 0.0117. The average Bonchev–Trinajstić information content (AvgIpc) is 3.30. The third-order valence-corrected chi connectivity index (χ3v) is 11.4. The number of amides is 1. The molecule has 3 atom stereocenters. The molecule has 0 saturated heterocycles. The van der Waals surface area contributed by atoms with Crippen LogP contribution in [0.3, 0.4) is 0 Å². The van der Waals surface area contributed by atoms with E-state index in [0.717, 1.165) is 96.3 Å². The average molecular weight is 902 g/mol. The maximum Gasteiger partial charge on any atom is 0.306 e. The monoisotopic (exact) mass is 902 g/mol. The Hall–Kier alpha value is -3.48. The van der Waals surface area contributed by atoms with E-state index < -0.39 is 18.2 Å². The first-order valence-corrected chi connectivity index (χ1v) is 26.7. The first-order chi connectivity index (χ1) is 32.0. The third kappa shape index (κ3) is 46.8. The number of allylic oxidation sites excluding steroid dienone is 18. The Balaban J connectivity index is 4.62. The van der Waals surface area contributed by atoms with E-state index in [1.807, 2.05) is 36.5 Å². The van der Waals surface area contributed by atoms with Gasteiger partial charge in [0.05, 0.1) is 25.2 Å². The summed E-state index contributed by atoms with van der Waals surface area (Å²) < 4.78 is 5.88. The van der Waals surface area contributed by atoms with Gasteiger partial charge in [0.1, 0.15) is 6.10 Å². The predicted molar refractivity (Wildman–Crippen MR) is 282 cm³/mol. The molecule has 0 aliphatic heterocycles. The van der Waals surface area contributed by atoms with Gasteiger partial charge in [0.2, 0.25) is 5.91 Å². The fourth-order valence-corrected chi connectivity index (χ4v) is 7.47. The van der Waals surface area contributed by atoms with E-state index in [-0.39, 0.29) is 24.9 Å². The fraction of sp³-hybridized carbons (Fsp3) is 0.661. The van der Waals surface area contributed by atoms with Crippen molar-refractivity contribution in [3.05, 3.63) is 109 Å². The van der Waals surface area contributed by atoms with Gasteiger partial charge in [-0.25, -0.2) is 0 Å². The predicted octanol–water partition coefficient (Wildman–Crippen LogP) is 16.3. The summed E-state index contributed by atoms with van der Waals surface area (Å²) in [7, 11) is 0. The molecule has 0 aliphatic carbocycles. The summed E-state index contributed by atoms with van der Waals surface area (Å²) in [6, 6.07) is -0.737. The number of aliphatic hydroxyl groups is 2. The van der Waals surface area contributed by atoms with Crippen LogP contribution in [0.2, 0.25) is 0 Å². The number of hydrogen-bond donors (Lipinski definition) is 3. The van der Waals surface area contributed by atoms with Gasteiger partial charge >= 0.3 is 5.97 Å².